The molecular formula is C35H54N6O5. The van der Waals surface area contributed by atoms with Gasteiger partial charge < -0.3 is 24.3 Å². The number of hydrogen-bond donors (Lipinski definition) is 1. The van der Waals surface area contributed by atoms with Gasteiger partial charge >= 0.3 is 6.09 Å². The van der Waals surface area contributed by atoms with Crippen molar-refractivity contribution in [3.8, 4) is 0 Å². The third kappa shape index (κ3) is 8.39. The van der Waals surface area contributed by atoms with Gasteiger partial charge in [0.05, 0.1) is 11.4 Å². The Labute approximate surface area is 274 Å². The number of nitrogens with zero attached hydrogens (tertiary/aromatic N) is 5. The first kappa shape index (κ1) is 34.2. The van der Waals surface area contributed by atoms with Crippen molar-refractivity contribution in [2.24, 2.45) is 5.92 Å². The molecule has 46 heavy (non-hydrogen) atoms. The molecule has 3 atom stereocenters. The minimum absolute atomic E-state index is 0.127. The summed E-state index contributed by atoms with van der Waals surface area (Å²) < 4.78 is 5.79. The lowest BCUT2D eigenvalue weighted by molar-refractivity contribution is -0.125. The maximum Gasteiger partial charge on any atom is 0.409 e. The molecule has 4 aliphatic heterocycles. The van der Waals surface area contributed by atoms with Crippen LogP contribution in [0.3, 0.4) is 0 Å². The Balaban J connectivity index is 1.06. The maximum atomic E-state index is 12.8. The summed E-state index contributed by atoms with van der Waals surface area (Å²) in [6, 6.07) is 7.33. The van der Waals surface area contributed by atoms with E-state index in [2.05, 4.69) is 27.2 Å². The molecule has 0 aliphatic carbocycles. The van der Waals surface area contributed by atoms with Crippen molar-refractivity contribution < 1.29 is 23.9 Å². The number of fused-ring (bicyclic) bond motifs is 1. The summed E-state index contributed by atoms with van der Waals surface area (Å²) in [5.74, 6) is 0.731. The van der Waals surface area contributed by atoms with Crippen molar-refractivity contribution in [1.82, 2.24) is 20.0 Å². The van der Waals surface area contributed by atoms with Crippen molar-refractivity contribution in [2.75, 3.05) is 69.8 Å². The number of piperidine rings is 2. The van der Waals surface area contributed by atoms with Crippen LogP contribution < -0.4 is 15.1 Å². The number of amides is 4. The zero-order chi connectivity index (χ0) is 32.6. The molecule has 254 valence electrons. The van der Waals surface area contributed by atoms with Gasteiger partial charge in [0.2, 0.25) is 18.7 Å². The lowest BCUT2D eigenvalue weighted by atomic mass is 9.87. The van der Waals surface area contributed by atoms with E-state index in [1.165, 1.54) is 24.8 Å². The Bertz CT molecular complexity index is 1200. The third-order valence-corrected chi connectivity index (χ3v) is 10.9. The van der Waals surface area contributed by atoms with Gasteiger partial charge in [0.25, 0.3) is 0 Å². The first-order chi connectivity index (χ1) is 22.3. The van der Waals surface area contributed by atoms with E-state index in [0.717, 1.165) is 95.2 Å². The van der Waals surface area contributed by atoms with E-state index in [-0.39, 0.29) is 24.5 Å². The van der Waals surface area contributed by atoms with E-state index >= 15 is 0 Å². The molecule has 3 unspecified atom stereocenters. The van der Waals surface area contributed by atoms with E-state index in [4.69, 9.17) is 4.74 Å². The van der Waals surface area contributed by atoms with E-state index < -0.39 is 0 Å². The summed E-state index contributed by atoms with van der Waals surface area (Å²) >= 11 is 0. The Morgan fingerprint density at radius 2 is 1.74 bits per heavy atom. The number of ether oxygens (including phenoxy) is 1. The second-order valence-corrected chi connectivity index (χ2v) is 14.1. The molecule has 0 spiro atoms. The Morgan fingerprint density at radius 3 is 2.43 bits per heavy atom. The molecule has 4 heterocycles. The number of likely N-dealkylation sites (tertiary alicyclic amines) is 2. The third-order valence-electron chi connectivity index (χ3n) is 10.9. The summed E-state index contributed by atoms with van der Waals surface area (Å²) in [4.78, 5) is 58.1. The van der Waals surface area contributed by atoms with Gasteiger partial charge in [-0.2, -0.15) is 0 Å². The number of hydrogen-bond acceptors (Lipinski definition) is 8. The number of carbonyl (C=O) groups is 4. The number of benzene rings is 1. The van der Waals surface area contributed by atoms with Crippen molar-refractivity contribution in [2.45, 2.75) is 95.2 Å². The predicted molar refractivity (Wildman–Crippen MR) is 179 cm³/mol. The van der Waals surface area contributed by atoms with Gasteiger partial charge in [0.1, 0.15) is 6.61 Å². The summed E-state index contributed by atoms with van der Waals surface area (Å²) in [7, 11) is 3.97. The van der Waals surface area contributed by atoms with Crippen LogP contribution in [-0.4, -0.2) is 118 Å². The number of carbonyl (C=O) groups excluding carboxylic acids is 4. The van der Waals surface area contributed by atoms with Gasteiger partial charge in [-0.05, 0) is 114 Å². The van der Waals surface area contributed by atoms with Crippen LogP contribution >= 0.6 is 0 Å². The van der Waals surface area contributed by atoms with E-state index in [9.17, 15) is 19.2 Å². The molecule has 1 aromatic rings. The average molecular weight is 639 g/mol. The standard InChI is InChI=1S/C35H54N6O5/c1-26(6-11-34(44)36-24-42)41(25-43)32-10-7-29(21-33(32)37(2)3)28-14-17-38(18-15-28)22-27-12-19-39(20-13-27)35(45)46-23-31-9-8-30-5-4-16-40(30)31/h7,10,21,24-28,30-31H,4-6,8-9,11-20,22-23H2,1-3H3,(H,36,42,44). The van der Waals surface area contributed by atoms with Crippen LogP contribution in [0.1, 0.15) is 82.6 Å². The van der Waals surface area contributed by atoms with Crippen LogP contribution in [0, 0.1) is 5.92 Å². The highest BCUT2D eigenvalue weighted by molar-refractivity contribution is 5.87. The van der Waals surface area contributed by atoms with Crippen molar-refractivity contribution in [3.63, 3.8) is 0 Å². The molecule has 4 saturated heterocycles. The minimum Gasteiger partial charge on any atom is -0.448 e. The summed E-state index contributed by atoms with van der Waals surface area (Å²) in [5, 5.41) is 2.16. The zero-order valence-electron chi connectivity index (χ0n) is 28.1. The van der Waals surface area contributed by atoms with Crippen LogP contribution in [0.5, 0.6) is 0 Å². The van der Waals surface area contributed by atoms with Gasteiger partial charge in [-0.3, -0.25) is 24.6 Å². The van der Waals surface area contributed by atoms with Crippen molar-refractivity contribution >= 4 is 36.2 Å². The van der Waals surface area contributed by atoms with Gasteiger partial charge in [0, 0.05) is 58.3 Å². The lowest BCUT2D eigenvalue weighted by Gasteiger charge is -2.38. The summed E-state index contributed by atoms with van der Waals surface area (Å²) in [5.41, 5.74) is 3.09. The molecule has 0 aromatic heterocycles. The van der Waals surface area contributed by atoms with Crippen LogP contribution in [-0.2, 0) is 19.1 Å². The molecule has 5 rings (SSSR count). The molecule has 1 aromatic carbocycles. The largest absolute Gasteiger partial charge is 0.448 e. The molecule has 4 amide bonds. The molecule has 4 aliphatic rings. The molecule has 11 heteroatoms. The van der Waals surface area contributed by atoms with Crippen molar-refractivity contribution in [1.29, 1.82) is 0 Å². The van der Waals surface area contributed by atoms with Crippen molar-refractivity contribution in [3.05, 3.63) is 23.8 Å². The first-order valence-electron chi connectivity index (χ1n) is 17.4. The smallest absolute Gasteiger partial charge is 0.409 e. The Morgan fingerprint density at radius 1 is 0.978 bits per heavy atom. The summed E-state index contributed by atoms with van der Waals surface area (Å²) in [6.45, 7) is 8.41. The highest BCUT2D eigenvalue weighted by Crippen LogP contribution is 2.37. The van der Waals surface area contributed by atoms with E-state index in [1.54, 1.807) is 4.90 Å². The monoisotopic (exact) mass is 638 g/mol. The zero-order valence-corrected chi connectivity index (χ0v) is 28.1. The lowest BCUT2D eigenvalue weighted by Crippen LogP contribution is -2.44. The first-order valence-corrected chi connectivity index (χ1v) is 17.4. The molecule has 4 fully saturated rings. The second kappa shape index (κ2) is 16.1. The van der Waals surface area contributed by atoms with Crippen LogP contribution in [0.2, 0.25) is 0 Å². The van der Waals surface area contributed by atoms with E-state index in [1.807, 2.05) is 36.9 Å². The molecule has 1 N–H and O–H groups in total. The quantitative estimate of drug-likeness (QED) is 0.326. The molecular weight excluding hydrogens is 584 g/mol. The fourth-order valence-electron chi connectivity index (χ4n) is 8.14. The van der Waals surface area contributed by atoms with Gasteiger partial charge in [-0.15, -0.1) is 0 Å². The second-order valence-electron chi connectivity index (χ2n) is 14.1. The highest BCUT2D eigenvalue weighted by atomic mass is 16.6. The van der Waals surface area contributed by atoms with Crippen LogP contribution in [0.15, 0.2) is 18.2 Å². The maximum absolute atomic E-state index is 12.8. The number of imide groups is 1. The SMILES string of the molecule is CC(CCC(=O)NC=O)N(C=O)c1ccc(C2CCN(CC3CCN(C(=O)OCC4CCC5CCCN54)CC3)CC2)cc1N(C)C. The Hall–Kier alpha value is -3.18. The topological polar surface area (TPSA) is 106 Å². The van der Waals surface area contributed by atoms with Gasteiger partial charge in [-0.1, -0.05) is 6.07 Å². The average Bonchev–Trinajstić information content (AvgIpc) is 3.69. The minimum atomic E-state index is -0.345. The molecule has 0 bridgehead atoms. The molecule has 0 radical (unpaired) electrons. The fourth-order valence-corrected chi connectivity index (χ4v) is 8.14. The van der Waals surface area contributed by atoms with Crippen LogP contribution in [0.4, 0.5) is 16.2 Å². The van der Waals surface area contributed by atoms with E-state index in [0.29, 0.717) is 37.3 Å². The highest BCUT2D eigenvalue weighted by Gasteiger charge is 2.37. The number of anilines is 2. The predicted octanol–water partition coefficient (Wildman–Crippen LogP) is 3.81. The molecule has 11 nitrogen and oxygen atoms in total. The Kier molecular flexibility index (Phi) is 11.9. The fraction of sp³-hybridized carbons (Fsp3) is 0.714. The molecule has 0 saturated carbocycles. The van der Waals surface area contributed by atoms with Gasteiger partial charge in [0.15, 0.2) is 0 Å². The summed E-state index contributed by atoms with van der Waals surface area (Å²) in [6.07, 6.45) is 11.0. The number of nitrogens with one attached hydrogen (secondary N) is 1. The van der Waals surface area contributed by atoms with Gasteiger partial charge in [-0.25, -0.2) is 4.79 Å². The van der Waals surface area contributed by atoms with Crippen LogP contribution in [0.25, 0.3) is 0 Å². The number of rotatable bonds is 13. The normalized spacial score (nSPS) is 23.5.